The Morgan fingerprint density at radius 3 is 2.54 bits per heavy atom. The molecule has 0 saturated heterocycles. The highest BCUT2D eigenvalue weighted by Crippen LogP contribution is 2.30. The first-order valence-electron chi connectivity index (χ1n) is 9.05. The van der Waals surface area contributed by atoms with Gasteiger partial charge in [-0.05, 0) is 50.5 Å². The van der Waals surface area contributed by atoms with Gasteiger partial charge in [0, 0.05) is 25.2 Å². The third-order valence-electron chi connectivity index (χ3n) is 4.40. The van der Waals surface area contributed by atoms with Gasteiger partial charge < -0.3 is 15.4 Å². The minimum absolute atomic E-state index is 0.00754. The van der Waals surface area contributed by atoms with Crippen LogP contribution >= 0.6 is 11.3 Å². The maximum Gasteiger partial charge on any atom is 0.265 e. The summed E-state index contributed by atoms with van der Waals surface area (Å²) < 4.78 is 5.47. The fraction of sp³-hybridized carbons (Fsp3) is 0.500. The number of hydrogen-bond acceptors (Lipinski definition) is 5. The fourth-order valence-corrected chi connectivity index (χ4v) is 3.60. The second-order valence-corrected chi connectivity index (χ2v) is 7.81. The van der Waals surface area contributed by atoms with E-state index in [-0.39, 0.29) is 11.9 Å². The molecule has 6 heteroatoms. The highest BCUT2D eigenvalue weighted by Gasteiger charge is 2.20. The summed E-state index contributed by atoms with van der Waals surface area (Å²) >= 11 is 1.43. The molecular formula is C20H29N3O2S. The van der Waals surface area contributed by atoms with E-state index < -0.39 is 0 Å². The predicted octanol–water partition coefficient (Wildman–Crippen LogP) is 3.96. The molecule has 0 aliphatic rings. The third kappa shape index (κ3) is 5.05. The van der Waals surface area contributed by atoms with Gasteiger partial charge in [-0.1, -0.05) is 13.8 Å². The van der Waals surface area contributed by atoms with Crippen LogP contribution in [0.2, 0.25) is 0 Å². The van der Waals surface area contributed by atoms with Crippen LogP contribution in [-0.4, -0.2) is 42.0 Å². The minimum Gasteiger partial charge on any atom is -0.494 e. The zero-order chi connectivity index (χ0) is 19.3. The molecule has 2 aromatic rings. The number of nitrogens with zero attached hydrogens (tertiary/aromatic N) is 2. The third-order valence-corrected chi connectivity index (χ3v) is 5.60. The first-order valence-corrected chi connectivity index (χ1v) is 9.86. The maximum absolute atomic E-state index is 12.8. The van der Waals surface area contributed by atoms with E-state index in [0.29, 0.717) is 23.9 Å². The second-order valence-electron chi connectivity index (χ2n) is 6.81. The summed E-state index contributed by atoms with van der Waals surface area (Å²) in [6, 6.07) is 7.91. The lowest BCUT2D eigenvalue weighted by molar-refractivity contribution is 0.0793. The van der Waals surface area contributed by atoms with Crippen LogP contribution in [0, 0.1) is 12.8 Å². The summed E-state index contributed by atoms with van der Waals surface area (Å²) in [5.41, 5.74) is 7.85. The van der Waals surface area contributed by atoms with Gasteiger partial charge in [0.05, 0.1) is 12.3 Å². The van der Waals surface area contributed by atoms with Crippen molar-refractivity contribution in [2.45, 2.75) is 40.2 Å². The number of benzene rings is 1. The molecule has 0 aliphatic heterocycles. The SMILES string of the molecule is CCOc1ccc(-c2nc(C)c(C(=O)N(C)CCC(N)C(C)C)s2)cc1. The molecule has 0 saturated carbocycles. The van der Waals surface area contributed by atoms with E-state index in [2.05, 4.69) is 18.8 Å². The lowest BCUT2D eigenvalue weighted by atomic mass is 10.0. The molecule has 1 unspecified atom stereocenters. The number of aromatic nitrogens is 1. The summed E-state index contributed by atoms with van der Waals surface area (Å²) in [4.78, 5) is 19.8. The molecule has 0 radical (unpaired) electrons. The smallest absolute Gasteiger partial charge is 0.265 e. The molecule has 5 nitrogen and oxygen atoms in total. The van der Waals surface area contributed by atoms with E-state index in [0.717, 1.165) is 28.4 Å². The monoisotopic (exact) mass is 375 g/mol. The van der Waals surface area contributed by atoms with E-state index in [1.54, 1.807) is 4.90 Å². The molecule has 0 aliphatic carbocycles. The van der Waals surface area contributed by atoms with Crippen LogP contribution in [0.1, 0.15) is 42.6 Å². The van der Waals surface area contributed by atoms with Crippen LogP contribution in [0.4, 0.5) is 0 Å². The van der Waals surface area contributed by atoms with Crippen molar-refractivity contribution >= 4 is 17.2 Å². The molecule has 1 aromatic carbocycles. The van der Waals surface area contributed by atoms with Gasteiger partial charge >= 0.3 is 0 Å². The normalized spacial score (nSPS) is 12.3. The first kappa shape index (κ1) is 20.4. The largest absolute Gasteiger partial charge is 0.494 e. The van der Waals surface area contributed by atoms with Gasteiger partial charge in [0.25, 0.3) is 5.91 Å². The summed E-state index contributed by atoms with van der Waals surface area (Å²) in [5, 5.41) is 0.848. The van der Waals surface area contributed by atoms with Gasteiger partial charge in [-0.25, -0.2) is 4.98 Å². The minimum atomic E-state index is 0.00754. The van der Waals surface area contributed by atoms with Gasteiger partial charge in [-0.2, -0.15) is 0 Å². The molecule has 0 spiro atoms. The lowest BCUT2D eigenvalue weighted by Gasteiger charge is -2.21. The van der Waals surface area contributed by atoms with Gasteiger partial charge in [0.1, 0.15) is 15.6 Å². The Bertz CT molecular complexity index is 725. The van der Waals surface area contributed by atoms with Crippen molar-refractivity contribution in [1.82, 2.24) is 9.88 Å². The van der Waals surface area contributed by atoms with Gasteiger partial charge in [-0.3, -0.25) is 4.79 Å². The number of hydrogen-bond donors (Lipinski definition) is 1. The second kappa shape index (κ2) is 9.14. The first-order chi connectivity index (χ1) is 12.3. The Labute approximate surface area is 160 Å². The van der Waals surface area contributed by atoms with E-state index in [1.165, 1.54) is 11.3 Å². The average molecular weight is 376 g/mol. The summed E-state index contributed by atoms with van der Waals surface area (Å²) in [6.45, 7) is 9.33. The van der Waals surface area contributed by atoms with Crippen molar-refractivity contribution < 1.29 is 9.53 Å². The van der Waals surface area contributed by atoms with Crippen LogP contribution in [0.3, 0.4) is 0 Å². The van der Waals surface area contributed by atoms with E-state index in [9.17, 15) is 4.79 Å². The van der Waals surface area contributed by atoms with E-state index in [4.69, 9.17) is 10.5 Å². The predicted molar refractivity (Wildman–Crippen MR) is 108 cm³/mol. The highest BCUT2D eigenvalue weighted by molar-refractivity contribution is 7.17. The number of nitrogens with two attached hydrogens (primary N) is 1. The molecule has 2 N–H and O–H groups in total. The fourth-order valence-electron chi connectivity index (χ4n) is 2.53. The maximum atomic E-state index is 12.8. The number of amides is 1. The summed E-state index contributed by atoms with van der Waals surface area (Å²) in [7, 11) is 1.82. The van der Waals surface area contributed by atoms with Crippen molar-refractivity contribution in [3.63, 3.8) is 0 Å². The Morgan fingerprint density at radius 2 is 1.96 bits per heavy atom. The molecule has 26 heavy (non-hydrogen) atoms. The van der Waals surface area contributed by atoms with Crippen LogP contribution in [0.25, 0.3) is 10.6 Å². The van der Waals surface area contributed by atoms with Crippen molar-refractivity contribution in [1.29, 1.82) is 0 Å². The molecule has 0 bridgehead atoms. The van der Waals surface area contributed by atoms with Crippen LogP contribution < -0.4 is 10.5 Å². The van der Waals surface area contributed by atoms with Crippen LogP contribution in [0.15, 0.2) is 24.3 Å². The van der Waals surface area contributed by atoms with E-state index >= 15 is 0 Å². The molecule has 1 atom stereocenters. The number of aryl methyl sites for hydroxylation is 1. The van der Waals surface area contributed by atoms with Crippen LogP contribution in [0.5, 0.6) is 5.75 Å². The Morgan fingerprint density at radius 1 is 1.31 bits per heavy atom. The Balaban J connectivity index is 2.09. The zero-order valence-electron chi connectivity index (χ0n) is 16.3. The summed E-state index contributed by atoms with van der Waals surface area (Å²) in [5.74, 6) is 1.25. The zero-order valence-corrected chi connectivity index (χ0v) is 17.1. The molecule has 1 heterocycles. The molecule has 142 valence electrons. The van der Waals surface area contributed by atoms with Crippen molar-refractivity contribution in [3.05, 3.63) is 34.8 Å². The molecule has 1 aromatic heterocycles. The van der Waals surface area contributed by atoms with Gasteiger partial charge in [0.15, 0.2) is 0 Å². The lowest BCUT2D eigenvalue weighted by Crippen LogP contribution is -2.34. The quantitative estimate of drug-likeness (QED) is 0.758. The van der Waals surface area contributed by atoms with Gasteiger partial charge in [-0.15, -0.1) is 11.3 Å². The Kier molecular flexibility index (Phi) is 7.17. The number of ether oxygens (including phenoxy) is 1. The molecule has 1 amide bonds. The molecule has 0 fully saturated rings. The van der Waals surface area contributed by atoms with Crippen molar-refractivity contribution in [2.24, 2.45) is 11.7 Å². The highest BCUT2D eigenvalue weighted by atomic mass is 32.1. The number of carbonyl (C=O) groups is 1. The van der Waals surface area contributed by atoms with Crippen LogP contribution in [-0.2, 0) is 0 Å². The van der Waals surface area contributed by atoms with Crippen molar-refractivity contribution in [2.75, 3.05) is 20.2 Å². The topological polar surface area (TPSA) is 68.5 Å². The standard InChI is InChI=1S/C20H29N3O2S/c1-6-25-16-9-7-15(8-10-16)19-22-14(4)18(26-19)20(24)23(5)12-11-17(21)13(2)3/h7-10,13,17H,6,11-12,21H2,1-5H3. The summed E-state index contributed by atoms with van der Waals surface area (Å²) in [6.07, 6.45) is 0.795. The molecular weight excluding hydrogens is 346 g/mol. The average Bonchev–Trinajstić information content (AvgIpc) is 3.01. The number of carbonyl (C=O) groups excluding carboxylic acids is 1. The van der Waals surface area contributed by atoms with E-state index in [1.807, 2.05) is 45.2 Å². The van der Waals surface area contributed by atoms with Gasteiger partial charge in [0.2, 0.25) is 0 Å². The number of thiazole rings is 1. The Hall–Kier alpha value is -1.92. The number of rotatable bonds is 8. The van der Waals surface area contributed by atoms with Crippen molar-refractivity contribution in [3.8, 4) is 16.3 Å². The molecule has 2 rings (SSSR count).